The second-order valence-electron chi connectivity index (χ2n) is 5.23. The molecule has 2 aromatic rings. The summed E-state index contributed by atoms with van der Waals surface area (Å²) in [5.41, 5.74) is 1.75. The molecule has 0 amide bonds. The van der Waals surface area contributed by atoms with Gasteiger partial charge in [0.2, 0.25) is 0 Å². The fraction of sp³-hybridized carbons (Fsp3) is 0.167. The normalized spacial score (nSPS) is 15.2. The summed E-state index contributed by atoms with van der Waals surface area (Å²) in [6, 6.07) is 8.39. The van der Waals surface area contributed by atoms with Gasteiger partial charge in [0.1, 0.15) is 11.5 Å². The van der Waals surface area contributed by atoms with Gasteiger partial charge in [-0.25, -0.2) is 9.59 Å². The molecule has 1 aromatic heterocycles. The molecule has 0 saturated heterocycles. The largest absolute Gasteiger partial charge is 0.462 e. The summed E-state index contributed by atoms with van der Waals surface area (Å²) in [4.78, 5) is 28.1. The van der Waals surface area contributed by atoms with E-state index in [0.717, 1.165) is 0 Å². The molecule has 6 nitrogen and oxygen atoms in total. The Kier molecular flexibility index (Phi) is 4.72. The number of rotatable bonds is 4. The topological polar surface area (TPSA) is 78.1 Å². The van der Waals surface area contributed by atoms with Crippen molar-refractivity contribution in [2.75, 3.05) is 6.61 Å². The number of hydrogen-bond donors (Lipinski definition) is 0. The van der Waals surface area contributed by atoms with Gasteiger partial charge in [-0.05, 0) is 50.3 Å². The van der Waals surface area contributed by atoms with Gasteiger partial charge < -0.3 is 14.0 Å². The van der Waals surface area contributed by atoms with Gasteiger partial charge in [-0.1, -0.05) is 16.8 Å². The van der Waals surface area contributed by atoms with Crippen LogP contribution in [0, 0.1) is 0 Å². The molecule has 7 heteroatoms. The lowest BCUT2D eigenvalue weighted by molar-refractivity contribution is -0.136. The Labute approximate surface area is 148 Å². The van der Waals surface area contributed by atoms with Crippen LogP contribution in [0.2, 0.25) is 5.02 Å². The molecular formula is C18H14ClNO5. The molecule has 0 radical (unpaired) electrons. The van der Waals surface area contributed by atoms with E-state index in [4.69, 9.17) is 20.8 Å². The minimum atomic E-state index is -0.522. The second-order valence-corrected chi connectivity index (χ2v) is 5.64. The molecule has 1 aliphatic heterocycles. The molecule has 3 rings (SSSR count). The van der Waals surface area contributed by atoms with E-state index in [1.54, 1.807) is 50.3 Å². The average Bonchev–Trinajstić information content (AvgIpc) is 3.18. The highest BCUT2D eigenvalue weighted by Gasteiger charge is 2.22. The summed E-state index contributed by atoms with van der Waals surface area (Å²) in [6.45, 7) is 3.65. The number of halogens is 1. The predicted molar refractivity (Wildman–Crippen MR) is 92.3 cm³/mol. The van der Waals surface area contributed by atoms with E-state index in [9.17, 15) is 9.59 Å². The summed E-state index contributed by atoms with van der Waals surface area (Å²) in [5.74, 6) is -0.0311. The zero-order valence-corrected chi connectivity index (χ0v) is 14.3. The maximum Gasteiger partial charge on any atom is 0.367 e. The van der Waals surface area contributed by atoms with E-state index in [1.165, 1.54) is 0 Å². The predicted octanol–water partition coefficient (Wildman–Crippen LogP) is 4.09. The highest BCUT2D eigenvalue weighted by atomic mass is 35.5. The van der Waals surface area contributed by atoms with Crippen molar-refractivity contribution < 1.29 is 23.6 Å². The quantitative estimate of drug-likeness (QED) is 0.466. The number of nitrogens with zero attached hydrogens (tertiary/aromatic N) is 1. The van der Waals surface area contributed by atoms with Gasteiger partial charge in [-0.2, -0.15) is 0 Å². The summed E-state index contributed by atoms with van der Waals surface area (Å²) in [5, 5.41) is 3.91. The number of furan rings is 1. The Bertz CT molecular complexity index is 910. The van der Waals surface area contributed by atoms with Crippen LogP contribution < -0.4 is 0 Å². The first-order valence-corrected chi connectivity index (χ1v) is 7.92. The highest BCUT2D eigenvalue weighted by molar-refractivity contribution is 6.33. The van der Waals surface area contributed by atoms with E-state index in [0.29, 0.717) is 33.4 Å². The molecule has 0 N–H and O–H groups in total. The van der Waals surface area contributed by atoms with E-state index < -0.39 is 11.9 Å². The SMILES string of the molecule is CCOC(=O)c1cc(-c2ccc(/C=C3/C(=O)ON=C3C)o2)ccc1Cl. The molecular weight excluding hydrogens is 346 g/mol. The molecule has 0 fully saturated rings. The molecule has 25 heavy (non-hydrogen) atoms. The van der Waals surface area contributed by atoms with E-state index in [1.807, 2.05) is 0 Å². The minimum absolute atomic E-state index is 0.259. The molecule has 1 aromatic carbocycles. The number of benzene rings is 1. The van der Waals surface area contributed by atoms with Crippen molar-refractivity contribution >= 4 is 35.3 Å². The summed E-state index contributed by atoms with van der Waals surface area (Å²) < 4.78 is 10.7. The van der Waals surface area contributed by atoms with Gasteiger partial charge in [0.05, 0.1) is 28.5 Å². The first-order valence-electron chi connectivity index (χ1n) is 7.54. The van der Waals surface area contributed by atoms with Crippen LogP contribution in [0.3, 0.4) is 0 Å². The van der Waals surface area contributed by atoms with E-state index >= 15 is 0 Å². The molecule has 0 bridgehead atoms. The smallest absolute Gasteiger partial charge is 0.367 e. The van der Waals surface area contributed by atoms with Crippen molar-refractivity contribution in [2.45, 2.75) is 13.8 Å². The Morgan fingerprint density at radius 1 is 1.32 bits per heavy atom. The Balaban J connectivity index is 1.91. The van der Waals surface area contributed by atoms with Crippen LogP contribution >= 0.6 is 11.6 Å². The molecule has 0 saturated carbocycles. The first kappa shape index (κ1) is 17.0. The van der Waals surface area contributed by atoms with E-state index in [2.05, 4.69) is 9.99 Å². The zero-order valence-electron chi connectivity index (χ0n) is 13.5. The van der Waals surface area contributed by atoms with Gasteiger partial charge in [0.15, 0.2) is 0 Å². The lowest BCUT2D eigenvalue weighted by Crippen LogP contribution is -2.05. The second kappa shape index (κ2) is 6.94. The van der Waals surface area contributed by atoms with Crippen molar-refractivity contribution in [3.63, 3.8) is 0 Å². The zero-order chi connectivity index (χ0) is 18.0. The van der Waals surface area contributed by atoms with E-state index in [-0.39, 0.29) is 12.2 Å². The van der Waals surface area contributed by atoms with Crippen LogP contribution in [0.4, 0.5) is 0 Å². The third-order valence-corrected chi connectivity index (χ3v) is 3.86. The number of oxime groups is 1. The summed E-state index contributed by atoms with van der Waals surface area (Å²) in [6.07, 6.45) is 1.56. The molecule has 0 aliphatic carbocycles. The number of hydrogen-bond acceptors (Lipinski definition) is 6. The van der Waals surface area contributed by atoms with Crippen LogP contribution in [0.15, 0.2) is 45.5 Å². The average molecular weight is 360 g/mol. The van der Waals surface area contributed by atoms with Crippen molar-refractivity contribution in [3.8, 4) is 11.3 Å². The van der Waals surface area contributed by atoms with Crippen LogP contribution in [0.25, 0.3) is 17.4 Å². The minimum Gasteiger partial charge on any atom is -0.462 e. The summed E-state index contributed by atoms with van der Waals surface area (Å²) in [7, 11) is 0. The third kappa shape index (κ3) is 3.49. The van der Waals surface area contributed by atoms with Crippen molar-refractivity contribution in [3.05, 3.63) is 52.3 Å². The highest BCUT2D eigenvalue weighted by Crippen LogP contribution is 2.28. The van der Waals surface area contributed by atoms with Crippen molar-refractivity contribution in [1.29, 1.82) is 0 Å². The van der Waals surface area contributed by atoms with Crippen LogP contribution in [-0.2, 0) is 14.4 Å². The van der Waals surface area contributed by atoms with Gasteiger partial charge >= 0.3 is 11.9 Å². The maximum absolute atomic E-state index is 11.9. The Hall–Kier alpha value is -2.86. The van der Waals surface area contributed by atoms with Crippen molar-refractivity contribution in [1.82, 2.24) is 0 Å². The van der Waals surface area contributed by atoms with Crippen molar-refractivity contribution in [2.24, 2.45) is 5.16 Å². The lowest BCUT2D eigenvalue weighted by atomic mass is 10.1. The maximum atomic E-state index is 11.9. The molecule has 128 valence electrons. The Morgan fingerprint density at radius 3 is 2.80 bits per heavy atom. The standard InChI is InChI=1S/C18H14ClNO5/c1-3-23-17(21)14-8-11(4-6-15(14)19)16-7-5-12(24-16)9-13-10(2)20-25-18(13)22/h4-9H,3H2,1-2H3/b13-9+. The monoisotopic (exact) mass is 359 g/mol. The molecule has 0 unspecified atom stereocenters. The van der Waals surface area contributed by atoms with Gasteiger partial charge in [-0.15, -0.1) is 0 Å². The number of esters is 1. The van der Waals surface area contributed by atoms with Crippen LogP contribution in [0.1, 0.15) is 30.0 Å². The molecule has 2 heterocycles. The van der Waals surface area contributed by atoms with Gasteiger partial charge in [0, 0.05) is 5.56 Å². The number of ether oxygens (including phenoxy) is 1. The fourth-order valence-corrected chi connectivity index (χ4v) is 2.49. The molecule has 0 spiro atoms. The van der Waals surface area contributed by atoms with Crippen LogP contribution in [0.5, 0.6) is 0 Å². The Morgan fingerprint density at radius 2 is 2.12 bits per heavy atom. The number of carbonyl (C=O) groups is 2. The van der Waals surface area contributed by atoms with Gasteiger partial charge in [0.25, 0.3) is 0 Å². The fourth-order valence-electron chi connectivity index (χ4n) is 2.29. The van der Waals surface area contributed by atoms with Crippen LogP contribution in [-0.4, -0.2) is 24.3 Å². The van der Waals surface area contributed by atoms with Gasteiger partial charge in [-0.3, -0.25) is 0 Å². The summed E-state index contributed by atoms with van der Waals surface area (Å²) >= 11 is 6.06. The first-order chi connectivity index (χ1) is 12.0. The molecule has 1 aliphatic rings. The lowest BCUT2D eigenvalue weighted by Gasteiger charge is -2.05. The molecule has 0 atom stereocenters. The third-order valence-electron chi connectivity index (χ3n) is 3.53. The number of carbonyl (C=O) groups excluding carboxylic acids is 2.